The van der Waals surface area contributed by atoms with E-state index in [9.17, 15) is 4.79 Å². The maximum absolute atomic E-state index is 10.9. The first-order chi connectivity index (χ1) is 9.10. The Morgan fingerprint density at radius 2 is 1.79 bits per heavy atom. The third-order valence-corrected chi connectivity index (χ3v) is 3.82. The van der Waals surface area contributed by atoms with Crippen LogP contribution < -0.4 is 5.73 Å². The number of nitrogens with two attached hydrogens (primary N) is 1. The maximum atomic E-state index is 10.9. The van der Waals surface area contributed by atoms with Crippen molar-refractivity contribution in [3.8, 4) is 0 Å². The first-order valence-corrected chi connectivity index (χ1v) is 6.81. The van der Waals surface area contributed by atoms with E-state index in [1.165, 1.54) is 5.56 Å². The number of carboxylic acids is 1. The number of carboxylic acid groups (broad SMARTS) is 1. The highest BCUT2D eigenvalue weighted by Gasteiger charge is 2.08. The summed E-state index contributed by atoms with van der Waals surface area (Å²) in [6.45, 7) is 2.12. The normalized spacial score (nSPS) is 10.4. The second-order valence-corrected chi connectivity index (χ2v) is 5.30. The summed E-state index contributed by atoms with van der Waals surface area (Å²) in [5, 5.41) is 8.92. The molecule has 0 amide bonds. The van der Waals surface area contributed by atoms with Crippen LogP contribution in [0.4, 0.5) is 5.69 Å². The summed E-state index contributed by atoms with van der Waals surface area (Å²) in [6, 6.07) is 13.3. The van der Waals surface area contributed by atoms with Crippen molar-refractivity contribution in [3.63, 3.8) is 0 Å². The molecular weight excluding hydrogens is 258 g/mol. The standard InChI is InChI=1S/C15H15NO2S/c1-2-10-3-5-11(6-4-10)19-12-7-8-13(15(17)18)14(16)9-12/h3-9H,2,16H2,1H3,(H,17,18). The van der Waals surface area contributed by atoms with E-state index in [4.69, 9.17) is 10.8 Å². The van der Waals surface area contributed by atoms with Crippen LogP contribution in [-0.2, 0) is 6.42 Å². The number of carbonyl (C=O) groups is 1. The van der Waals surface area contributed by atoms with Gasteiger partial charge in [-0.05, 0) is 42.3 Å². The van der Waals surface area contributed by atoms with Crippen molar-refractivity contribution in [1.82, 2.24) is 0 Å². The lowest BCUT2D eigenvalue weighted by Gasteiger charge is -2.06. The quantitative estimate of drug-likeness (QED) is 0.834. The highest BCUT2D eigenvalue weighted by Crippen LogP contribution is 2.30. The summed E-state index contributed by atoms with van der Waals surface area (Å²) in [5.41, 5.74) is 7.46. The van der Waals surface area contributed by atoms with Crippen LogP contribution in [0.3, 0.4) is 0 Å². The molecule has 3 N–H and O–H groups in total. The Labute approximate surface area is 116 Å². The van der Waals surface area contributed by atoms with Crippen molar-refractivity contribution in [1.29, 1.82) is 0 Å². The van der Waals surface area contributed by atoms with Crippen LogP contribution in [0.25, 0.3) is 0 Å². The summed E-state index contributed by atoms with van der Waals surface area (Å²) < 4.78 is 0. The minimum Gasteiger partial charge on any atom is -0.478 e. The summed E-state index contributed by atoms with van der Waals surface area (Å²) in [5.74, 6) is -0.999. The zero-order chi connectivity index (χ0) is 13.8. The monoisotopic (exact) mass is 273 g/mol. The van der Waals surface area contributed by atoms with Gasteiger partial charge in [-0.15, -0.1) is 0 Å². The molecule has 3 nitrogen and oxygen atoms in total. The molecule has 0 bridgehead atoms. The van der Waals surface area contributed by atoms with Gasteiger partial charge in [0, 0.05) is 15.5 Å². The SMILES string of the molecule is CCc1ccc(Sc2ccc(C(=O)O)c(N)c2)cc1. The highest BCUT2D eigenvalue weighted by molar-refractivity contribution is 7.99. The Bertz CT molecular complexity index is 594. The molecule has 0 aliphatic carbocycles. The zero-order valence-corrected chi connectivity index (χ0v) is 11.4. The zero-order valence-electron chi connectivity index (χ0n) is 10.6. The van der Waals surface area contributed by atoms with Crippen molar-refractivity contribution in [3.05, 3.63) is 53.6 Å². The van der Waals surface area contributed by atoms with E-state index in [2.05, 4.69) is 31.2 Å². The molecular formula is C15H15NO2S. The predicted octanol–water partition coefficient (Wildman–Crippen LogP) is 3.68. The Kier molecular flexibility index (Phi) is 4.12. The van der Waals surface area contributed by atoms with E-state index in [1.54, 1.807) is 30.0 Å². The van der Waals surface area contributed by atoms with Crippen LogP contribution in [0.5, 0.6) is 0 Å². The van der Waals surface area contributed by atoms with Gasteiger partial charge in [-0.25, -0.2) is 4.79 Å². The molecule has 0 unspecified atom stereocenters. The third kappa shape index (κ3) is 3.29. The Balaban J connectivity index is 2.18. The number of nitrogen functional groups attached to an aromatic ring is 1. The second kappa shape index (κ2) is 5.80. The fraction of sp³-hybridized carbons (Fsp3) is 0.133. The van der Waals surface area contributed by atoms with Gasteiger partial charge in [0.1, 0.15) is 0 Å². The maximum Gasteiger partial charge on any atom is 0.337 e. The molecule has 0 spiro atoms. The van der Waals surface area contributed by atoms with Gasteiger partial charge < -0.3 is 10.8 Å². The van der Waals surface area contributed by atoms with Crippen LogP contribution in [-0.4, -0.2) is 11.1 Å². The summed E-state index contributed by atoms with van der Waals surface area (Å²) in [4.78, 5) is 12.9. The topological polar surface area (TPSA) is 63.3 Å². The van der Waals surface area contributed by atoms with E-state index in [0.29, 0.717) is 5.69 Å². The van der Waals surface area contributed by atoms with Gasteiger partial charge in [-0.2, -0.15) is 0 Å². The van der Waals surface area contributed by atoms with E-state index in [1.807, 2.05) is 0 Å². The molecule has 2 rings (SSSR count). The molecule has 0 aliphatic heterocycles. The highest BCUT2D eigenvalue weighted by atomic mass is 32.2. The minimum absolute atomic E-state index is 0.144. The van der Waals surface area contributed by atoms with Crippen molar-refractivity contribution >= 4 is 23.4 Å². The number of hydrogen-bond donors (Lipinski definition) is 2. The fourth-order valence-electron chi connectivity index (χ4n) is 1.73. The number of aromatic carboxylic acids is 1. The van der Waals surface area contributed by atoms with Gasteiger partial charge in [0.15, 0.2) is 0 Å². The molecule has 2 aromatic rings. The molecule has 0 heterocycles. The van der Waals surface area contributed by atoms with Gasteiger partial charge in [-0.1, -0.05) is 30.8 Å². The lowest BCUT2D eigenvalue weighted by atomic mass is 10.2. The second-order valence-electron chi connectivity index (χ2n) is 4.15. The molecule has 0 atom stereocenters. The molecule has 0 saturated carbocycles. The third-order valence-electron chi connectivity index (χ3n) is 2.82. The molecule has 19 heavy (non-hydrogen) atoms. The largest absolute Gasteiger partial charge is 0.478 e. The van der Waals surface area contributed by atoms with Crippen molar-refractivity contribution < 1.29 is 9.90 Å². The molecule has 0 radical (unpaired) electrons. The first kappa shape index (κ1) is 13.5. The van der Waals surface area contributed by atoms with E-state index < -0.39 is 5.97 Å². The molecule has 4 heteroatoms. The minimum atomic E-state index is -0.999. The van der Waals surface area contributed by atoms with Crippen LogP contribution in [0.1, 0.15) is 22.8 Å². The Morgan fingerprint density at radius 3 is 2.32 bits per heavy atom. The molecule has 0 aromatic heterocycles. The lowest BCUT2D eigenvalue weighted by molar-refractivity contribution is 0.0698. The Hall–Kier alpha value is -1.94. The van der Waals surface area contributed by atoms with Gasteiger partial charge in [0.2, 0.25) is 0 Å². The number of benzene rings is 2. The smallest absolute Gasteiger partial charge is 0.337 e. The van der Waals surface area contributed by atoms with E-state index >= 15 is 0 Å². The van der Waals surface area contributed by atoms with Crippen LogP contribution in [0.2, 0.25) is 0 Å². The predicted molar refractivity (Wildman–Crippen MR) is 77.8 cm³/mol. The fourth-order valence-corrected chi connectivity index (χ4v) is 2.59. The summed E-state index contributed by atoms with van der Waals surface area (Å²) >= 11 is 1.57. The average Bonchev–Trinajstić information content (AvgIpc) is 2.39. The van der Waals surface area contributed by atoms with Gasteiger partial charge in [-0.3, -0.25) is 0 Å². The van der Waals surface area contributed by atoms with Crippen molar-refractivity contribution in [2.45, 2.75) is 23.1 Å². The van der Waals surface area contributed by atoms with E-state index in [0.717, 1.165) is 16.2 Å². The number of rotatable bonds is 4. The molecule has 0 saturated heterocycles. The Morgan fingerprint density at radius 1 is 1.16 bits per heavy atom. The van der Waals surface area contributed by atoms with Crippen LogP contribution >= 0.6 is 11.8 Å². The number of anilines is 1. The summed E-state index contributed by atoms with van der Waals surface area (Å²) in [6.07, 6.45) is 1.02. The molecule has 0 aliphatic rings. The van der Waals surface area contributed by atoms with Gasteiger partial charge in [0.05, 0.1) is 5.56 Å². The summed E-state index contributed by atoms with van der Waals surface area (Å²) in [7, 11) is 0. The van der Waals surface area contributed by atoms with Gasteiger partial charge in [0.25, 0.3) is 0 Å². The number of hydrogen-bond acceptors (Lipinski definition) is 3. The van der Waals surface area contributed by atoms with Crippen molar-refractivity contribution in [2.75, 3.05) is 5.73 Å². The van der Waals surface area contributed by atoms with Crippen molar-refractivity contribution in [2.24, 2.45) is 0 Å². The number of aryl methyl sites for hydroxylation is 1. The average molecular weight is 273 g/mol. The molecule has 0 fully saturated rings. The first-order valence-electron chi connectivity index (χ1n) is 5.99. The lowest BCUT2D eigenvalue weighted by Crippen LogP contribution is -2.01. The molecule has 2 aromatic carbocycles. The van der Waals surface area contributed by atoms with Gasteiger partial charge >= 0.3 is 5.97 Å². The van der Waals surface area contributed by atoms with E-state index in [-0.39, 0.29) is 5.56 Å². The van der Waals surface area contributed by atoms with Crippen LogP contribution in [0.15, 0.2) is 52.3 Å². The molecule has 98 valence electrons. The van der Waals surface area contributed by atoms with Crippen LogP contribution in [0, 0.1) is 0 Å².